The number of nitrogens with zero attached hydrogens (tertiary/aromatic N) is 1. The molecule has 0 aliphatic carbocycles. The van der Waals surface area contributed by atoms with Crippen molar-refractivity contribution in [3.8, 4) is 0 Å². The Labute approximate surface area is 110 Å². The first-order chi connectivity index (χ1) is 8.60. The van der Waals surface area contributed by atoms with E-state index in [-0.39, 0.29) is 24.9 Å². The Balaban J connectivity index is 2.31. The van der Waals surface area contributed by atoms with Gasteiger partial charge in [-0.15, -0.1) is 0 Å². The largest absolute Gasteiger partial charge is 0.395 e. The van der Waals surface area contributed by atoms with E-state index in [9.17, 15) is 5.11 Å². The van der Waals surface area contributed by atoms with Gasteiger partial charge in [0.2, 0.25) is 0 Å². The highest BCUT2D eigenvalue weighted by molar-refractivity contribution is 4.86. The molecule has 0 aromatic heterocycles. The smallest absolute Gasteiger partial charge is 0.0971 e. The van der Waals surface area contributed by atoms with Gasteiger partial charge in [0.25, 0.3) is 0 Å². The van der Waals surface area contributed by atoms with Crippen molar-refractivity contribution in [2.45, 2.75) is 44.6 Å². The number of ether oxygens (including phenoxy) is 2. The third-order valence-electron chi connectivity index (χ3n) is 3.48. The van der Waals surface area contributed by atoms with Gasteiger partial charge in [0.1, 0.15) is 0 Å². The highest BCUT2D eigenvalue weighted by Crippen LogP contribution is 2.16. The van der Waals surface area contributed by atoms with Crippen molar-refractivity contribution >= 4 is 0 Å². The number of nitrogens with one attached hydrogen (secondary N) is 1. The van der Waals surface area contributed by atoms with Crippen LogP contribution in [0, 0.1) is 0 Å². The van der Waals surface area contributed by atoms with Crippen LogP contribution in [0.2, 0.25) is 0 Å². The Bertz CT molecular complexity index is 214. The van der Waals surface area contributed by atoms with Crippen molar-refractivity contribution in [2.24, 2.45) is 0 Å². The summed E-state index contributed by atoms with van der Waals surface area (Å²) in [5.74, 6) is 0. The predicted molar refractivity (Wildman–Crippen MR) is 71.8 cm³/mol. The number of hydrogen-bond donors (Lipinski definition) is 2. The van der Waals surface area contributed by atoms with Gasteiger partial charge in [-0.1, -0.05) is 13.8 Å². The van der Waals surface area contributed by atoms with Crippen LogP contribution < -0.4 is 5.32 Å². The van der Waals surface area contributed by atoms with Crippen LogP contribution in [0.4, 0.5) is 0 Å². The molecule has 1 heterocycles. The van der Waals surface area contributed by atoms with Crippen LogP contribution in [0.1, 0.15) is 20.3 Å². The van der Waals surface area contributed by atoms with Crippen molar-refractivity contribution in [3.05, 3.63) is 0 Å². The first kappa shape index (κ1) is 15.9. The van der Waals surface area contributed by atoms with E-state index in [0.29, 0.717) is 6.04 Å². The van der Waals surface area contributed by atoms with E-state index in [2.05, 4.69) is 24.1 Å². The summed E-state index contributed by atoms with van der Waals surface area (Å²) in [6, 6.07) is 0.576. The quantitative estimate of drug-likeness (QED) is 0.647. The number of likely N-dealkylation sites (tertiary alicyclic amines) is 1. The molecule has 0 amide bonds. The lowest BCUT2D eigenvalue weighted by Crippen LogP contribution is -2.40. The molecular weight excluding hydrogens is 232 g/mol. The zero-order valence-corrected chi connectivity index (χ0v) is 12.1. The highest BCUT2D eigenvalue weighted by Gasteiger charge is 2.32. The van der Waals surface area contributed by atoms with Crippen LogP contribution in [-0.2, 0) is 9.47 Å². The summed E-state index contributed by atoms with van der Waals surface area (Å²) in [7, 11) is 3.47. The van der Waals surface area contributed by atoms with Crippen LogP contribution in [0.15, 0.2) is 0 Å². The average Bonchev–Trinajstić information content (AvgIpc) is 2.76. The molecule has 1 rings (SSSR count). The Hall–Kier alpha value is -0.200. The van der Waals surface area contributed by atoms with Crippen molar-refractivity contribution in [2.75, 3.05) is 40.5 Å². The van der Waals surface area contributed by atoms with E-state index in [4.69, 9.17) is 9.47 Å². The molecule has 108 valence electrons. The lowest BCUT2D eigenvalue weighted by molar-refractivity contribution is -0.00461. The van der Waals surface area contributed by atoms with Crippen LogP contribution in [0.25, 0.3) is 0 Å². The van der Waals surface area contributed by atoms with Crippen LogP contribution in [-0.4, -0.2) is 74.8 Å². The maximum Gasteiger partial charge on any atom is 0.0971 e. The molecule has 3 atom stereocenters. The first-order valence-corrected chi connectivity index (χ1v) is 6.75. The molecule has 5 heteroatoms. The normalized spacial score (nSPS) is 27.0. The summed E-state index contributed by atoms with van der Waals surface area (Å²) in [4.78, 5) is 2.34. The van der Waals surface area contributed by atoms with Crippen molar-refractivity contribution in [1.82, 2.24) is 10.2 Å². The second-order valence-electron chi connectivity index (χ2n) is 5.30. The summed E-state index contributed by atoms with van der Waals surface area (Å²) >= 11 is 0. The summed E-state index contributed by atoms with van der Waals surface area (Å²) in [5.41, 5.74) is 0. The van der Waals surface area contributed by atoms with E-state index in [1.165, 1.54) is 0 Å². The fraction of sp³-hybridized carbons (Fsp3) is 1.00. The Morgan fingerprint density at radius 3 is 2.17 bits per heavy atom. The van der Waals surface area contributed by atoms with Crippen LogP contribution in [0.3, 0.4) is 0 Å². The molecule has 3 unspecified atom stereocenters. The number of aliphatic hydroxyl groups excluding tert-OH is 1. The predicted octanol–water partition coefficient (Wildman–Crippen LogP) is 0.0810. The Morgan fingerprint density at radius 2 is 1.78 bits per heavy atom. The summed E-state index contributed by atoms with van der Waals surface area (Å²) < 4.78 is 10.8. The molecule has 0 radical (unpaired) electrons. The monoisotopic (exact) mass is 260 g/mol. The molecule has 5 nitrogen and oxygen atoms in total. The number of hydrogen-bond acceptors (Lipinski definition) is 5. The molecule has 0 saturated carbocycles. The zero-order chi connectivity index (χ0) is 13.5. The van der Waals surface area contributed by atoms with E-state index >= 15 is 0 Å². The summed E-state index contributed by atoms with van der Waals surface area (Å²) in [5, 5.41) is 12.7. The number of aliphatic hydroxyl groups is 1. The fourth-order valence-electron chi connectivity index (χ4n) is 2.49. The van der Waals surface area contributed by atoms with E-state index in [1.807, 2.05) is 0 Å². The minimum Gasteiger partial charge on any atom is -0.395 e. The Morgan fingerprint density at radius 1 is 1.22 bits per heavy atom. The molecule has 0 aromatic carbocycles. The van der Waals surface area contributed by atoms with Crippen molar-refractivity contribution < 1.29 is 14.6 Å². The maximum atomic E-state index is 9.31. The first-order valence-electron chi connectivity index (χ1n) is 6.75. The third-order valence-corrected chi connectivity index (χ3v) is 3.48. The minimum atomic E-state index is 0.167. The van der Waals surface area contributed by atoms with Gasteiger partial charge in [-0.05, 0) is 13.0 Å². The van der Waals surface area contributed by atoms with E-state index in [1.54, 1.807) is 14.2 Å². The number of methoxy groups -OCH3 is 2. The van der Waals surface area contributed by atoms with Gasteiger partial charge in [0.15, 0.2) is 0 Å². The standard InChI is InChI=1S/C13H28N2O3/c1-10(2)14-11(9-16)5-6-15-7-12(17-3)13(8-15)18-4/h10-14,16H,5-9H2,1-4H3. The van der Waals surface area contributed by atoms with Gasteiger partial charge in [-0.3, -0.25) is 4.90 Å². The molecule has 1 aliphatic heterocycles. The Kier molecular flexibility index (Phi) is 7.11. The van der Waals surface area contributed by atoms with Gasteiger partial charge < -0.3 is 19.9 Å². The van der Waals surface area contributed by atoms with E-state index < -0.39 is 0 Å². The highest BCUT2D eigenvalue weighted by atomic mass is 16.5. The summed E-state index contributed by atoms with van der Waals surface area (Å²) in [6.07, 6.45) is 1.28. The molecule has 1 fully saturated rings. The minimum absolute atomic E-state index is 0.167. The SMILES string of the molecule is COC1CN(CCC(CO)NC(C)C)CC1OC. The molecule has 18 heavy (non-hydrogen) atoms. The van der Waals surface area contributed by atoms with Crippen molar-refractivity contribution in [1.29, 1.82) is 0 Å². The van der Waals surface area contributed by atoms with E-state index in [0.717, 1.165) is 26.1 Å². The average molecular weight is 260 g/mol. The van der Waals surface area contributed by atoms with Gasteiger partial charge >= 0.3 is 0 Å². The van der Waals surface area contributed by atoms with Crippen LogP contribution in [0.5, 0.6) is 0 Å². The van der Waals surface area contributed by atoms with Gasteiger partial charge in [0.05, 0.1) is 18.8 Å². The zero-order valence-electron chi connectivity index (χ0n) is 12.1. The fourth-order valence-corrected chi connectivity index (χ4v) is 2.49. The molecule has 0 bridgehead atoms. The number of rotatable bonds is 8. The molecule has 1 saturated heterocycles. The molecular formula is C13H28N2O3. The molecule has 1 aliphatic rings. The second-order valence-corrected chi connectivity index (χ2v) is 5.30. The topological polar surface area (TPSA) is 54.0 Å². The van der Waals surface area contributed by atoms with Crippen molar-refractivity contribution in [3.63, 3.8) is 0 Å². The lowest BCUT2D eigenvalue weighted by atomic mass is 10.2. The summed E-state index contributed by atoms with van der Waals surface area (Å²) in [6.45, 7) is 7.17. The van der Waals surface area contributed by atoms with Gasteiger partial charge in [-0.25, -0.2) is 0 Å². The van der Waals surface area contributed by atoms with Gasteiger partial charge in [0, 0.05) is 39.4 Å². The molecule has 0 spiro atoms. The van der Waals surface area contributed by atoms with Crippen LogP contribution >= 0.6 is 0 Å². The maximum absolute atomic E-state index is 9.31. The van der Waals surface area contributed by atoms with Gasteiger partial charge in [-0.2, -0.15) is 0 Å². The molecule has 0 aromatic rings. The molecule has 2 N–H and O–H groups in total. The lowest BCUT2D eigenvalue weighted by Gasteiger charge is -2.22. The second kappa shape index (κ2) is 8.07. The third kappa shape index (κ3) is 4.82.